The van der Waals surface area contributed by atoms with Crippen LogP contribution >= 0.6 is 0 Å². The first-order valence-corrected chi connectivity index (χ1v) is 8.33. The number of nitrogens with two attached hydrogens (primary N) is 1. The highest BCUT2D eigenvalue weighted by molar-refractivity contribution is 5.76. The molecule has 2 saturated heterocycles. The SMILES string of the molecule is CC(N)CC(=O)N1CCCC(CN2CCCCC2C)C1. The van der Waals surface area contributed by atoms with Gasteiger partial charge in [-0.05, 0) is 52.0 Å². The third kappa shape index (κ3) is 4.45. The summed E-state index contributed by atoms with van der Waals surface area (Å²) in [7, 11) is 0. The van der Waals surface area contributed by atoms with Crippen molar-refractivity contribution in [2.45, 2.75) is 64.5 Å². The Bertz CT molecular complexity index is 319. The topological polar surface area (TPSA) is 49.6 Å². The number of likely N-dealkylation sites (tertiary alicyclic amines) is 2. The number of hydrogen-bond donors (Lipinski definition) is 1. The molecule has 3 unspecified atom stereocenters. The third-order valence-corrected chi connectivity index (χ3v) is 4.80. The molecule has 1 amide bonds. The van der Waals surface area contributed by atoms with Gasteiger partial charge in [0.05, 0.1) is 0 Å². The van der Waals surface area contributed by atoms with Gasteiger partial charge >= 0.3 is 0 Å². The van der Waals surface area contributed by atoms with Gasteiger partial charge in [0, 0.05) is 38.1 Å². The number of hydrogen-bond acceptors (Lipinski definition) is 3. The van der Waals surface area contributed by atoms with Crippen LogP contribution in [0, 0.1) is 5.92 Å². The lowest BCUT2D eigenvalue weighted by molar-refractivity contribution is -0.133. The minimum absolute atomic E-state index is 0.0232. The third-order valence-electron chi connectivity index (χ3n) is 4.80. The van der Waals surface area contributed by atoms with Gasteiger partial charge in [0.1, 0.15) is 0 Å². The summed E-state index contributed by atoms with van der Waals surface area (Å²) >= 11 is 0. The Kier molecular flexibility index (Phi) is 5.85. The molecule has 2 rings (SSSR count). The van der Waals surface area contributed by atoms with E-state index in [-0.39, 0.29) is 11.9 Å². The van der Waals surface area contributed by atoms with Crippen molar-refractivity contribution in [2.75, 3.05) is 26.2 Å². The average molecular weight is 281 g/mol. The molecule has 0 aromatic carbocycles. The number of carbonyl (C=O) groups excluding carboxylic acids is 1. The smallest absolute Gasteiger partial charge is 0.224 e. The van der Waals surface area contributed by atoms with Crippen LogP contribution in [0.5, 0.6) is 0 Å². The highest BCUT2D eigenvalue weighted by Gasteiger charge is 2.27. The molecule has 3 atom stereocenters. The number of amides is 1. The minimum atomic E-state index is -0.0232. The molecule has 4 heteroatoms. The molecule has 2 heterocycles. The first kappa shape index (κ1) is 15.8. The molecule has 0 radical (unpaired) electrons. The molecule has 2 N–H and O–H groups in total. The first-order valence-electron chi connectivity index (χ1n) is 8.33. The zero-order valence-electron chi connectivity index (χ0n) is 13.2. The zero-order valence-corrected chi connectivity index (χ0v) is 13.2. The molecule has 0 aromatic heterocycles. The van der Waals surface area contributed by atoms with E-state index in [9.17, 15) is 4.79 Å². The lowest BCUT2D eigenvalue weighted by Gasteiger charge is -2.39. The van der Waals surface area contributed by atoms with Crippen molar-refractivity contribution in [1.82, 2.24) is 9.80 Å². The van der Waals surface area contributed by atoms with E-state index in [2.05, 4.69) is 11.8 Å². The quantitative estimate of drug-likeness (QED) is 0.855. The van der Waals surface area contributed by atoms with Crippen LogP contribution in [-0.4, -0.2) is 54.0 Å². The number of nitrogens with zero attached hydrogens (tertiary/aromatic N) is 2. The molecule has 2 aliphatic rings. The molecule has 20 heavy (non-hydrogen) atoms. The largest absolute Gasteiger partial charge is 0.342 e. The Morgan fingerprint density at radius 1 is 1.25 bits per heavy atom. The van der Waals surface area contributed by atoms with E-state index in [0.717, 1.165) is 25.6 Å². The molecule has 2 aliphatic heterocycles. The van der Waals surface area contributed by atoms with E-state index in [1.807, 2.05) is 11.8 Å². The van der Waals surface area contributed by atoms with E-state index in [0.29, 0.717) is 12.3 Å². The normalized spacial score (nSPS) is 30.2. The summed E-state index contributed by atoms with van der Waals surface area (Å²) in [6, 6.07) is 0.698. The van der Waals surface area contributed by atoms with Crippen molar-refractivity contribution in [2.24, 2.45) is 11.7 Å². The van der Waals surface area contributed by atoms with Crippen molar-refractivity contribution in [3.8, 4) is 0 Å². The maximum atomic E-state index is 12.1. The summed E-state index contributed by atoms with van der Waals surface area (Å²) in [6.45, 7) is 8.54. The van der Waals surface area contributed by atoms with Crippen LogP contribution in [0.4, 0.5) is 0 Å². The van der Waals surface area contributed by atoms with Gasteiger partial charge in [0.25, 0.3) is 0 Å². The van der Waals surface area contributed by atoms with E-state index in [1.54, 1.807) is 0 Å². The van der Waals surface area contributed by atoms with E-state index in [4.69, 9.17) is 5.73 Å². The Morgan fingerprint density at radius 2 is 2.05 bits per heavy atom. The molecule has 0 spiro atoms. The van der Waals surface area contributed by atoms with Crippen molar-refractivity contribution in [1.29, 1.82) is 0 Å². The second kappa shape index (κ2) is 7.41. The average Bonchev–Trinajstić information content (AvgIpc) is 2.41. The Labute approximate surface area is 123 Å². The summed E-state index contributed by atoms with van der Waals surface area (Å²) in [6.07, 6.45) is 6.96. The lowest BCUT2D eigenvalue weighted by atomic mass is 9.94. The molecule has 0 aliphatic carbocycles. The zero-order chi connectivity index (χ0) is 14.5. The van der Waals surface area contributed by atoms with Crippen LogP contribution < -0.4 is 5.73 Å². The van der Waals surface area contributed by atoms with Crippen LogP contribution in [0.25, 0.3) is 0 Å². The minimum Gasteiger partial charge on any atom is -0.342 e. The molecule has 0 bridgehead atoms. The molecular weight excluding hydrogens is 250 g/mol. The van der Waals surface area contributed by atoms with Gasteiger partial charge in [-0.1, -0.05) is 6.42 Å². The predicted molar refractivity (Wildman–Crippen MR) is 82.5 cm³/mol. The number of piperidine rings is 2. The van der Waals surface area contributed by atoms with Crippen molar-refractivity contribution in [3.05, 3.63) is 0 Å². The molecule has 4 nitrogen and oxygen atoms in total. The van der Waals surface area contributed by atoms with Crippen LogP contribution in [-0.2, 0) is 4.79 Å². The molecule has 0 saturated carbocycles. The van der Waals surface area contributed by atoms with Crippen molar-refractivity contribution >= 4 is 5.91 Å². The summed E-state index contributed by atoms with van der Waals surface area (Å²) in [5, 5.41) is 0. The van der Waals surface area contributed by atoms with Gasteiger partial charge in [-0.3, -0.25) is 4.79 Å². The Hall–Kier alpha value is -0.610. The highest BCUT2D eigenvalue weighted by Crippen LogP contribution is 2.23. The second-order valence-electron chi connectivity index (χ2n) is 6.87. The maximum Gasteiger partial charge on any atom is 0.224 e. The fraction of sp³-hybridized carbons (Fsp3) is 0.938. The van der Waals surface area contributed by atoms with Gasteiger partial charge < -0.3 is 15.5 Å². The van der Waals surface area contributed by atoms with Crippen LogP contribution in [0.3, 0.4) is 0 Å². The van der Waals surface area contributed by atoms with E-state index >= 15 is 0 Å². The predicted octanol–water partition coefficient (Wildman–Crippen LogP) is 1.84. The van der Waals surface area contributed by atoms with Gasteiger partial charge in [-0.25, -0.2) is 0 Å². The van der Waals surface area contributed by atoms with Gasteiger partial charge in [0.2, 0.25) is 5.91 Å². The lowest BCUT2D eigenvalue weighted by Crippen LogP contribution is -2.47. The van der Waals surface area contributed by atoms with Gasteiger partial charge in [0.15, 0.2) is 0 Å². The first-order chi connectivity index (χ1) is 9.56. The molecule has 0 aromatic rings. The fourth-order valence-corrected chi connectivity index (χ4v) is 3.61. The van der Waals surface area contributed by atoms with E-state index in [1.165, 1.54) is 38.8 Å². The second-order valence-corrected chi connectivity index (χ2v) is 6.87. The Balaban J connectivity index is 1.82. The Morgan fingerprint density at radius 3 is 2.75 bits per heavy atom. The summed E-state index contributed by atoms with van der Waals surface area (Å²) in [4.78, 5) is 16.8. The fourth-order valence-electron chi connectivity index (χ4n) is 3.61. The molecule has 2 fully saturated rings. The number of carbonyl (C=O) groups is 1. The van der Waals surface area contributed by atoms with E-state index < -0.39 is 0 Å². The van der Waals surface area contributed by atoms with Crippen molar-refractivity contribution < 1.29 is 4.79 Å². The number of rotatable bonds is 4. The van der Waals surface area contributed by atoms with Gasteiger partial charge in [-0.2, -0.15) is 0 Å². The standard InChI is InChI=1S/C16H31N3O/c1-13(17)10-16(20)19-9-5-7-15(12-19)11-18-8-4-3-6-14(18)2/h13-15H,3-12,17H2,1-2H3. The van der Waals surface area contributed by atoms with Crippen LogP contribution in [0.2, 0.25) is 0 Å². The maximum absolute atomic E-state index is 12.1. The monoisotopic (exact) mass is 281 g/mol. The van der Waals surface area contributed by atoms with Crippen LogP contribution in [0.15, 0.2) is 0 Å². The molecule has 116 valence electrons. The van der Waals surface area contributed by atoms with Gasteiger partial charge in [-0.15, -0.1) is 0 Å². The van der Waals surface area contributed by atoms with Crippen LogP contribution in [0.1, 0.15) is 52.4 Å². The van der Waals surface area contributed by atoms with Crippen molar-refractivity contribution in [3.63, 3.8) is 0 Å². The highest BCUT2D eigenvalue weighted by atomic mass is 16.2. The summed E-state index contributed by atoms with van der Waals surface area (Å²) in [5.74, 6) is 0.901. The summed E-state index contributed by atoms with van der Waals surface area (Å²) in [5.41, 5.74) is 5.75. The molecular formula is C16H31N3O. The summed E-state index contributed by atoms with van der Waals surface area (Å²) < 4.78 is 0.